The van der Waals surface area contributed by atoms with E-state index in [1.165, 1.54) is 0 Å². The number of aryl methyl sites for hydroxylation is 1. The first kappa shape index (κ1) is 22.0. The molecule has 168 valence electrons. The zero-order valence-corrected chi connectivity index (χ0v) is 19.2. The molecule has 2 aliphatic heterocycles. The van der Waals surface area contributed by atoms with E-state index in [0.717, 1.165) is 55.3 Å². The molecular formula is C22H30N4O4S. The summed E-state index contributed by atoms with van der Waals surface area (Å²) in [6.45, 7) is 9.14. The molecule has 31 heavy (non-hydrogen) atoms. The van der Waals surface area contributed by atoms with Crippen LogP contribution in [0.3, 0.4) is 0 Å². The number of fused-ring (bicyclic) bond motifs is 1. The average molecular weight is 447 g/mol. The Balaban J connectivity index is 1.57. The van der Waals surface area contributed by atoms with Gasteiger partial charge in [-0.15, -0.1) is 0 Å². The highest BCUT2D eigenvalue weighted by atomic mass is 32.1. The van der Waals surface area contributed by atoms with Crippen molar-refractivity contribution in [3.63, 3.8) is 0 Å². The Morgan fingerprint density at radius 3 is 2.84 bits per heavy atom. The maximum atomic E-state index is 13.0. The molecule has 1 amide bonds. The SMILES string of the molecule is CCn1nc(CC(C)(C)COC(=O)c2ccns2)c2c1C(=O)NCC1(CCOCC1)C2. The molecule has 1 spiro atoms. The molecule has 4 rings (SSSR count). The summed E-state index contributed by atoms with van der Waals surface area (Å²) in [6.07, 6.45) is 4.89. The fourth-order valence-corrected chi connectivity index (χ4v) is 4.95. The van der Waals surface area contributed by atoms with Gasteiger partial charge in [0, 0.05) is 49.9 Å². The number of hydrogen-bond acceptors (Lipinski definition) is 7. The maximum absolute atomic E-state index is 13.0. The topological polar surface area (TPSA) is 95.3 Å². The minimum absolute atomic E-state index is 0.0122. The number of nitrogens with one attached hydrogen (secondary N) is 1. The molecule has 2 aromatic heterocycles. The highest BCUT2D eigenvalue weighted by Gasteiger charge is 2.40. The fraction of sp³-hybridized carbons (Fsp3) is 0.636. The van der Waals surface area contributed by atoms with E-state index < -0.39 is 0 Å². The van der Waals surface area contributed by atoms with Gasteiger partial charge in [-0.25, -0.2) is 9.17 Å². The van der Waals surface area contributed by atoms with Crippen LogP contribution in [0, 0.1) is 10.8 Å². The Morgan fingerprint density at radius 2 is 2.16 bits per heavy atom. The van der Waals surface area contributed by atoms with Gasteiger partial charge < -0.3 is 14.8 Å². The minimum atomic E-state index is -0.353. The molecule has 4 heterocycles. The molecule has 1 N–H and O–H groups in total. The first-order valence-corrected chi connectivity index (χ1v) is 11.6. The van der Waals surface area contributed by atoms with Crippen LogP contribution in [-0.2, 0) is 28.9 Å². The predicted octanol–water partition coefficient (Wildman–Crippen LogP) is 2.87. The Kier molecular flexibility index (Phi) is 6.16. The number of aromatic nitrogens is 3. The van der Waals surface area contributed by atoms with Crippen molar-refractivity contribution in [1.29, 1.82) is 0 Å². The van der Waals surface area contributed by atoms with E-state index in [1.54, 1.807) is 12.3 Å². The van der Waals surface area contributed by atoms with Gasteiger partial charge in [-0.3, -0.25) is 9.48 Å². The van der Waals surface area contributed by atoms with Gasteiger partial charge in [0.2, 0.25) is 0 Å². The molecule has 1 saturated heterocycles. The van der Waals surface area contributed by atoms with Crippen LogP contribution < -0.4 is 5.32 Å². The quantitative estimate of drug-likeness (QED) is 0.686. The average Bonchev–Trinajstić information content (AvgIpc) is 3.37. The second-order valence-corrected chi connectivity index (χ2v) is 10.2. The van der Waals surface area contributed by atoms with Gasteiger partial charge in [-0.05, 0) is 49.2 Å². The Bertz CT molecular complexity index is 945. The van der Waals surface area contributed by atoms with E-state index in [0.29, 0.717) is 30.1 Å². The van der Waals surface area contributed by atoms with Crippen LogP contribution in [0.5, 0.6) is 0 Å². The van der Waals surface area contributed by atoms with Gasteiger partial charge in [0.1, 0.15) is 10.6 Å². The smallest absolute Gasteiger partial charge is 0.349 e. The molecule has 0 unspecified atom stereocenters. The number of amides is 1. The second-order valence-electron chi connectivity index (χ2n) is 9.36. The lowest BCUT2D eigenvalue weighted by Crippen LogP contribution is -2.40. The molecule has 0 aromatic carbocycles. The van der Waals surface area contributed by atoms with Crippen LogP contribution in [0.15, 0.2) is 12.3 Å². The fourth-order valence-electron chi connectivity index (χ4n) is 4.46. The van der Waals surface area contributed by atoms with Crippen molar-refractivity contribution in [3.8, 4) is 0 Å². The molecule has 0 saturated carbocycles. The highest BCUT2D eigenvalue weighted by molar-refractivity contribution is 7.07. The monoisotopic (exact) mass is 446 g/mol. The third kappa shape index (κ3) is 4.67. The van der Waals surface area contributed by atoms with Gasteiger partial charge in [0.25, 0.3) is 5.91 Å². The van der Waals surface area contributed by atoms with Crippen LogP contribution in [-0.4, -0.2) is 52.4 Å². The van der Waals surface area contributed by atoms with E-state index in [4.69, 9.17) is 14.6 Å². The summed E-state index contributed by atoms with van der Waals surface area (Å²) in [7, 11) is 0. The van der Waals surface area contributed by atoms with Crippen LogP contribution >= 0.6 is 11.5 Å². The summed E-state index contributed by atoms with van der Waals surface area (Å²) >= 11 is 1.13. The normalized spacial score (nSPS) is 18.4. The van der Waals surface area contributed by atoms with E-state index in [2.05, 4.69) is 23.5 Å². The molecule has 8 nitrogen and oxygen atoms in total. The maximum Gasteiger partial charge on any atom is 0.349 e. The van der Waals surface area contributed by atoms with Gasteiger partial charge >= 0.3 is 5.97 Å². The van der Waals surface area contributed by atoms with Crippen molar-refractivity contribution < 1.29 is 19.1 Å². The third-order valence-electron chi connectivity index (χ3n) is 6.26. The van der Waals surface area contributed by atoms with Crippen molar-refractivity contribution in [2.24, 2.45) is 10.8 Å². The van der Waals surface area contributed by atoms with Gasteiger partial charge in [-0.2, -0.15) is 5.10 Å². The molecule has 2 aromatic rings. The number of carbonyl (C=O) groups is 2. The van der Waals surface area contributed by atoms with Crippen LogP contribution in [0.2, 0.25) is 0 Å². The highest BCUT2D eigenvalue weighted by Crippen LogP contribution is 2.38. The van der Waals surface area contributed by atoms with E-state index in [1.807, 2.05) is 11.6 Å². The zero-order valence-electron chi connectivity index (χ0n) is 18.4. The summed E-state index contributed by atoms with van der Waals surface area (Å²) in [5, 5.41) is 7.96. The molecule has 0 aliphatic carbocycles. The summed E-state index contributed by atoms with van der Waals surface area (Å²) in [4.78, 5) is 25.7. The lowest BCUT2D eigenvalue weighted by Gasteiger charge is -2.36. The number of hydrogen-bond donors (Lipinski definition) is 1. The zero-order chi connectivity index (χ0) is 22.1. The van der Waals surface area contributed by atoms with Crippen LogP contribution in [0.1, 0.15) is 65.0 Å². The predicted molar refractivity (Wildman–Crippen MR) is 116 cm³/mol. The van der Waals surface area contributed by atoms with Crippen molar-refractivity contribution in [1.82, 2.24) is 19.5 Å². The van der Waals surface area contributed by atoms with Crippen molar-refractivity contribution in [2.45, 2.75) is 53.0 Å². The van der Waals surface area contributed by atoms with Gasteiger partial charge in [0.15, 0.2) is 0 Å². The minimum Gasteiger partial charge on any atom is -0.461 e. The summed E-state index contributed by atoms with van der Waals surface area (Å²) < 4.78 is 16.9. The number of ether oxygens (including phenoxy) is 2. The summed E-state index contributed by atoms with van der Waals surface area (Å²) in [5.41, 5.74) is 2.34. The van der Waals surface area contributed by atoms with Crippen molar-refractivity contribution in [2.75, 3.05) is 26.4 Å². The standard InChI is InChI=1S/C22H30N4O4S/c1-4-26-18-15(11-22(13-23-19(18)27)6-9-29-10-7-22)16(25-26)12-21(2,3)14-30-20(28)17-5-8-24-31-17/h5,8H,4,6-7,9-14H2,1-3H3,(H,23,27). The van der Waals surface area contributed by atoms with Gasteiger partial charge in [0.05, 0.1) is 12.3 Å². The number of rotatable bonds is 6. The first-order chi connectivity index (χ1) is 14.8. The first-order valence-electron chi connectivity index (χ1n) is 10.8. The Morgan fingerprint density at radius 1 is 1.39 bits per heavy atom. The number of carbonyl (C=O) groups excluding carboxylic acids is 2. The van der Waals surface area contributed by atoms with Crippen LogP contribution in [0.4, 0.5) is 0 Å². The largest absolute Gasteiger partial charge is 0.461 e. The van der Waals surface area contributed by atoms with E-state index in [9.17, 15) is 9.59 Å². The molecule has 0 radical (unpaired) electrons. The van der Waals surface area contributed by atoms with Crippen molar-refractivity contribution in [3.05, 3.63) is 34.1 Å². The Hall–Kier alpha value is -2.26. The van der Waals surface area contributed by atoms with Crippen LogP contribution in [0.25, 0.3) is 0 Å². The van der Waals surface area contributed by atoms with Gasteiger partial charge in [-0.1, -0.05) is 13.8 Å². The molecular weight excluding hydrogens is 416 g/mol. The van der Waals surface area contributed by atoms with Crippen molar-refractivity contribution >= 4 is 23.4 Å². The van der Waals surface area contributed by atoms with E-state index >= 15 is 0 Å². The second kappa shape index (κ2) is 8.70. The number of nitrogens with zero attached hydrogens (tertiary/aromatic N) is 3. The number of esters is 1. The third-order valence-corrected chi connectivity index (χ3v) is 6.98. The lowest BCUT2D eigenvalue weighted by atomic mass is 9.74. The molecule has 9 heteroatoms. The Labute approximate surface area is 186 Å². The molecule has 0 bridgehead atoms. The summed E-state index contributed by atoms with van der Waals surface area (Å²) in [6, 6.07) is 1.66. The lowest BCUT2D eigenvalue weighted by molar-refractivity contribution is 0.0159. The van der Waals surface area contributed by atoms with E-state index in [-0.39, 0.29) is 29.3 Å². The molecule has 2 aliphatic rings. The molecule has 0 atom stereocenters. The molecule has 1 fully saturated rings. The summed E-state index contributed by atoms with van der Waals surface area (Å²) in [5.74, 6) is -0.401.